The van der Waals surface area contributed by atoms with Gasteiger partial charge in [0.2, 0.25) is 0 Å². The molecule has 0 spiro atoms. The zero-order chi connectivity index (χ0) is 27.9. The summed E-state index contributed by atoms with van der Waals surface area (Å²) >= 11 is 0. The molecule has 0 saturated heterocycles. The van der Waals surface area contributed by atoms with Crippen LogP contribution >= 0.6 is 0 Å². The maximum Gasteiger partial charge on any atom is 0.339 e. The summed E-state index contributed by atoms with van der Waals surface area (Å²) < 4.78 is 12.2. The van der Waals surface area contributed by atoms with Crippen molar-refractivity contribution in [2.24, 2.45) is 4.99 Å². The van der Waals surface area contributed by atoms with Gasteiger partial charge >= 0.3 is 5.97 Å². The van der Waals surface area contributed by atoms with E-state index in [0.29, 0.717) is 16.9 Å². The maximum atomic E-state index is 13.6. The Morgan fingerprint density at radius 1 is 0.951 bits per heavy atom. The van der Waals surface area contributed by atoms with E-state index in [4.69, 9.17) is 14.5 Å². The Balaban J connectivity index is 1.36. The number of carbonyl (C=O) groups excluding carboxylic acids is 1. The van der Waals surface area contributed by atoms with Crippen molar-refractivity contribution in [2.75, 3.05) is 18.4 Å². The lowest BCUT2D eigenvalue weighted by Gasteiger charge is -2.27. The van der Waals surface area contributed by atoms with Crippen molar-refractivity contribution in [3.8, 4) is 11.5 Å². The number of fused-ring (bicyclic) bond motifs is 4. The van der Waals surface area contributed by atoms with Crippen LogP contribution in [0.2, 0.25) is 0 Å². The lowest BCUT2D eigenvalue weighted by molar-refractivity contribution is -0.384. The largest absolute Gasteiger partial charge is 0.457 e. The molecule has 0 aliphatic carbocycles. The van der Waals surface area contributed by atoms with Crippen molar-refractivity contribution in [3.63, 3.8) is 0 Å². The van der Waals surface area contributed by atoms with Crippen LogP contribution in [0.4, 0.5) is 11.4 Å². The van der Waals surface area contributed by atoms with Crippen LogP contribution in [0, 0.1) is 10.1 Å². The highest BCUT2D eigenvalue weighted by Gasteiger charge is 2.27. The predicted molar refractivity (Wildman–Crippen MR) is 154 cm³/mol. The standard InChI is InChI=1S/C33H27N3O5/c37-33(40-19-20-6-3-9-23(14-20)36(38)39)25-11-2-1-10-24(25)32-26-15-21-7-4-12-34-28(21)17-30(26)41-31-18-29-22(16-27(31)32)8-5-13-35-29/h1-3,6,9-11,14-18,34H,4-5,7-8,12-13,19H2. The highest BCUT2D eigenvalue weighted by Crippen LogP contribution is 2.41. The second kappa shape index (κ2) is 10.2. The van der Waals surface area contributed by atoms with Gasteiger partial charge in [-0.1, -0.05) is 30.3 Å². The second-order valence-electron chi connectivity index (χ2n) is 10.5. The van der Waals surface area contributed by atoms with Gasteiger partial charge in [-0.3, -0.25) is 15.1 Å². The van der Waals surface area contributed by atoms with Gasteiger partial charge in [-0.2, -0.15) is 0 Å². The monoisotopic (exact) mass is 545 g/mol. The molecule has 8 heteroatoms. The Bertz CT molecular complexity index is 1860. The van der Waals surface area contributed by atoms with Crippen LogP contribution in [-0.4, -0.2) is 24.0 Å². The number of rotatable bonds is 5. The number of nitro groups is 1. The van der Waals surface area contributed by atoms with Crippen LogP contribution < -0.4 is 20.6 Å². The number of esters is 1. The molecule has 3 aliphatic heterocycles. The Kier molecular flexibility index (Phi) is 6.23. The SMILES string of the molecule is O=C(OCc1cccc([N+](=O)[O-])c1)c1ccccc1C1=c2cc3c(cc2Oc2cc4c(cc21)CCCN4)=NCCC3. The molecule has 4 aromatic carbocycles. The minimum Gasteiger partial charge on any atom is -0.457 e. The molecule has 3 aliphatic rings. The molecule has 0 amide bonds. The number of carbonyl (C=O) groups is 1. The van der Waals surface area contributed by atoms with Gasteiger partial charge in [0.05, 0.1) is 15.8 Å². The molecule has 4 aromatic rings. The molecule has 204 valence electrons. The summed E-state index contributed by atoms with van der Waals surface area (Å²) in [6, 6.07) is 22.0. The number of ether oxygens (including phenoxy) is 2. The van der Waals surface area contributed by atoms with Gasteiger partial charge in [0.1, 0.15) is 18.1 Å². The number of nitrogens with one attached hydrogen (secondary N) is 1. The first-order chi connectivity index (χ1) is 20.0. The van der Waals surface area contributed by atoms with Crippen molar-refractivity contribution in [1.82, 2.24) is 0 Å². The summed E-state index contributed by atoms with van der Waals surface area (Å²) in [4.78, 5) is 29.0. The minimum atomic E-state index is -0.498. The molecule has 0 aromatic heterocycles. The highest BCUT2D eigenvalue weighted by atomic mass is 16.6. The van der Waals surface area contributed by atoms with Gasteiger partial charge in [0, 0.05) is 59.4 Å². The number of hydrogen-bond donors (Lipinski definition) is 1. The van der Waals surface area contributed by atoms with E-state index in [2.05, 4.69) is 23.5 Å². The fourth-order valence-corrected chi connectivity index (χ4v) is 5.91. The van der Waals surface area contributed by atoms with E-state index >= 15 is 0 Å². The quantitative estimate of drug-likeness (QED) is 0.184. The van der Waals surface area contributed by atoms with Crippen LogP contribution in [0.5, 0.6) is 11.5 Å². The Morgan fingerprint density at radius 2 is 1.83 bits per heavy atom. The first-order valence-electron chi connectivity index (χ1n) is 13.9. The fraction of sp³-hybridized carbons (Fsp3) is 0.212. The maximum absolute atomic E-state index is 13.6. The average molecular weight is 546 g/mol. The number of benzene rings is 4. The third-order valence-electron chi connectivity index (χ3n) is 7.88. The Morgan fingerprint density at radius 3 is 2.73 bits per heavy atom. The molecule has 0 unspecified atom stereocenters. The molecule has 41 heavy (non-hydrogen) atoms. The van der Waals surface area contributed by atoms with E-state index in [1.165, 1.54) is 23.3 Å². The van der Waals surface area contributed by atoms with E-state index < -0.39 is 10.9 Å². The molecule has 1 N–H and O–H groups in total. The van der Waals surface area contributed by atoms with E-state index in [1.54, 1.807) is 18.2 Å². The van der Waals surface area contributed by atoms with Crippen molar-refractivity contribution in [3.05, 3.63) is 127 Å². The third kappa shape index (κ3) is 4.61. The van der Waals surface area contributed by atoms with E-state index in [1.807, 2.05) is 24.3 Å². The lowest BCUT2D eigenvalue weighted by atomic mass is 9.87. The van der Waals surface area contributed by atoms with Gasteiger partial charge in [0.15, 0.2) is 0 Å². The summed E-state index contributed by atoms with van der Waals surface area (Å²) in [5, 5.41) is 16.6. The zero-order valence-electron chi connectivity index (χ0n) is 22.3. The summed E-state index contributed by atoms with van der Waals surface area (Å²) in [6.45, 7) is 1.65. The van der Waals surface area contributed by atoms with E-state index in [0.717, 1.165) is 77.5 Å². The lowest BCUT2D eigenvalue weighted by Crippen LogP contribution is -2.26. The van der Waals surface area contributed by atoms with Gasteiger partial charge in [-0.05, 0) is 66.1 Å². The van der Waals surface area contributed by atoms with Crippen LogP contribution in [0.15, 0.2) is 77.8 Å². The average Bonchev–Trinajstić information content (AvgIpc) is 3.00. The number of nitro benzene ring substituents is 1. The van der Waals surface area contributed by atoms with E-state index in [9.17, 15) is 14.9 Å². The zero-order valence-corrected chi connectivity index (χ0v) is 22.3. The predicted octanol–water partition coefficient (Wildman–Crippen LogP) is 5.23. The third-order valence-corrected chi connectivity index (χ3v) is 7.88. The molecule has 7 rings (SSSR count). The molecule has 8 nitrogen and oxygen atoms in total. The normalized spacial score (nSPS) is 14.7. The number of nitrogens with zero attached hydrogens (tertiary/aromatic N) is 2. The molecule has 0 bridgehead atoms. The highest BCUT2D eigenvalue weighted by molar-refractivity contribution is 5.99. The summed E-state index contributed by atoms with van der Waals surface area (Å²) in [6.07, 6.45) is 3.95. The van der Waals surface area contributed by atoms with Crippen LogP contribution in [0.3, 0.4) is 0 Å². The van der Waals surface area contributed by atoms with Crippen LogP contribution in [0.25, 0.3) is 5.57 Å². The second-order valence-corrected chi connectivity index (χ2v) is 10.5. The molecular weight excluding hydrogens is 518 g/mol. The molecule has 0 fully saturated rings. The minimum absolute atomic E-state index is 0.0437. The van der Waals surface area contributed by atoms with Crippen molar-refractivity contribution in [2.45, 2.75) is 32.3 Å². The summed E-state index contributed by atoms with van der Waals surface area (Å²) in [5.41, 5.74) is 7.00. The van der Waals surface area contributed by atoms with Gasteiger partial charge in [-0.25, -0.2) is 4.79 Å². The first-order valence-corrected chi connectivity index (χ1v) is 13.9. The van der Waals surface area contributed by atoms with E-state index in [-0.39, 0.29) is 12.3 Å². The molecule has 3 heterocycles. The van der Waals surface area contributed by atoms with Crippen molar-refractivity contribution >= 4 is 22.9 Å². The Hall–Kier alpha value is -4.98. The molecular formula is C33H27N3O5. The molecule has 0 atom stereocenters. The number of hydrogen-bond acceptors (Lipinski definition) is 7. The Labute approximate surface area is 236 Å². The van der Waals surface area contributed by atoms with Gasteiger partial charge < -0.3 is 14.8 Å². The molecule has 0 radical (unpaired) electrons. The first kappa shape index (κ1) is 25.0. The van der Waals surface area contributed by atoms with Crippen LogP contribution in [0.1, 0.15) is 51.0 Å². The number of aryl methyl sites for hydroxylation is 2. The van der Waals surface area contributed by atoms with Gasteiger partial charge in [0.25, 0.3) is 5.69 Å². The number of anilines is 1. The molecule has 0 saturated carbocycles. The summed E-state index contributed by atoms with van der Waals surface area (Å²) in [7, 11) is 0. The fourth-order valence-electron chi connectivity index (χ4n) is 5.91. The smallest absolute Gasteiger partial charge is 0.339 e. The number of non-ortho nitro benzene ring substituents is 1. The van der Waals surface area contributed by atoms with Crippen molar-refractivity contribution < 1.29 is 19.2 Å². The summed E-state index contributed by atoms with van der Waals surface area (Å²) in [5.74, 6) is 0.949. The van der Waals surface area contributed by atoms with Gasteiger partial charge in [-0.15, -0.1) is 0 Å². The van der Waals surface area contributed by atoms with Crippen LogP contribution in [-0.2, 0) is 24.2 Å². The topological polar surface area (TPSA) is 103 Å². The van der Waals surface area contributed by atoms with Crippen molar-refractivity contribution in [1.29, 1.82) is 0 Å².